The van der Waals surface area contributed by atoms with E-state index in [4.69, 9.17) is 0 Å². The SMILES string of the molecule is O=C(CC1CCc2ccccc21)NCCn1cccc1. The van der Waals surface area contributed by atoms with Crippen molar-refractivity contribution in [1.82, 2.24) is 9.88 Å². The number of nitrogens with one attached hydrogen (secondary N) is 1. The second-order valence-electron chi connectivity index (χ2n) is 5.41. The second kappa shape index (κ2) is 5.95. The summed E-state index contributed by atoms with van der Waals surface area (Å²) in [6.07, 6.45) is 6.85. The fourth-order valence-electron chi connectivity index (χ4n) is 3.00. The van der Waals surface area contributed by atoms with Gasteiger partial charge in [-0.1, -0.05) is 24.3 Å². The summed E-state index contributed by atoms with van der Waals surface area (Å²) in [6.45, 7) is 1.53. The van der Waals surface area contributed by atoms with Gasteiger partial charge in [0.25, 0.3) is 0 Å². The summed E-state index contributed by atoms with van der Waals surface area (Å²) in [7, 11) is 0. The van der Waals surface area contributed by atoms with Crippen LogP contribution in [0.5, 0.6) is 0 Å². The number of fused-ring (bicyclic) bond motifs is 1. The third kappa shape index (κ3) is 2.93. The number of nitrogens with zero attached hydrogens (tertiary/aromatic N) is 1. The third-order valence-corrected chi connectivity index (χ3v) is 4.05. The highest BCUT2D eigenvalue weighted by Crippen LogP contribution is 2.34. The maximum absolute atomic E-state index is 12.0. The van der Waals surface area contributed by atoms with Crippen LogP contribution in [0.2, 0.25) is 0 Å². The first-order valence-corrected chi connectivity index (χ1v) is 7.28. The first kappa shape index (κ1) is 13.0. The van der Waals surface area contributed by atoms with Gasteiger partial charge in [-0.2, -0.15) is 0 Å². The van der Waals surface area contributed by atoms with Crippen molar-refractivity contribution in [3.05, 3.63) is 59.9 Å². The van der Waals surface area contributed by atoms with E-state index in [2.05, 4.69) is 34.1 Å². The van der Waals surface area contributed by atoms with E-state index >= 15 is 0 Å². The van der Waals surface area contributed by atoms with Crippen molar-refractivity contribution in [2.24, 2.45) is 0 Å². The molecule has 20 heavy (non-hydrogen) atoms. The molecule has 0 bridgehead atoms. The average Bonchev–Trinajstić information content (AvgIpc) is 3.09. The van der Waals surface area contributed by atoms with E-state index in [0.717, 1.165) is 19.4 Å². The number of rotatable bonds is 5. The summed E-state index contributed by atoms with van der Waals surface area (Å²) >= 11 is 0. The summed E-state index contributed by atoms with van der Waals surface area (Å²) in [4.78, 5) is 12.0. The molecule has 1 amide bonds. The van der Waals surface area contributed by atoms with Crippen LogP contribution < -0.4 is 5.32 Å². The Morgan fingerprint density at radius 2 is 2.00 bits per heavy atom. The molecule has 0 saturated carbocycles. The Morgan fingerprint density at radius 3 is 2.85 bits per heavy atom. The van der Waals surface area contributed by atoms with Crippen LogP contribution in [0.1, 0.15) is 29.9 Å². The summed E-state index contributed by atoms with van der Waals surface area (Å²) < 4.78 is 2.07. The van der Waals surface area contributed by atoms with E-state index in [0.29, 0.717) is 18.9 Å². The molecule has 3 rings (SSSR count). The highest BCUT2D eigenvalue weighted by molar-refractivity contribution is 5.77. The zero-order valence-corrected chi connectivity index (χ0v) is 11.6. The third-order valence-electron chi connectivity index (χ3n) is 4.05. The smallest absolute Gasteiger partial charge is 0.220 e. The number of benzene rings is 1. The molecule has 1 atom stereocenters. The van der Waals surface area contributed by atoms with Crippen molar-refractivity contribution < 1.29 is 4.79 Å². The molecule has 1 aromatic carbocycles. The van der Waals surface area contributed by atoms with Gasteiger partial charge in [-0.3, -0.25) is 4.79 Å². The average molecular weight is 268 g/mol. The number of aromatic nitrogens is 1. The Labute approximate surface area is 119 Å². The molecule has 0 saturated heterocycles. The minimum atomic E-state index is 0.166. The fraction of sp³-hybridized carbons (Fsp3) is 0.353. The largest absolute Gasteiger partial charge is 0.354 e. The van der Waals surface area contributed by atoms with E-state index in [-0.39, 0.29) is 5.91 Å². The Kier molecular flexibility index (Phi) is 3.86. The minimum Gasteiger partial charge on any atom is -0.354 e. The topological polar surface area (TPSA) is 34.0 Å². The van der Waals surface area contributed by atoms with Crippen LogP contribution in [-0.4, -0.2) is 17.0 Å². The van der Waals surface area contributed by atoms with Crippen LogP contribution in [0.3, 0.4) is 0 Å². The van der Waals surface area contributed by atoms with Crippen LogP contribution in [0.4, 0.5) is 0 Å². The van der Waals surface area contributed by atoms with Crippen molar-refractivity contribution in [2.45, 2.75) is 31.7 Å². The summed E-state index contributed by atoms with van der Waals surface area (Å²) in [5, 5.41) is 3.02. The summed E-state index contributed by atoms with van der Waals surface area (Å²) in [5.74, 6) is 0.566. The van der Waals surface area contributed by atoms with Crippen molar-refractivity contribution in [3.8, 4) is 0 Å². The second-order valence-corrected chi connectivity index (χ2v) is 5.41. The lowest BCUT2D eigenvalue weighted by Gasteiger charge is -2.12. The first-order valence-electron chi connectivity index (χ1n) is 7.28. The van der Waals surface area contributed by atoms with Gasteiger partial charge in [0, 0.05) is 31.9 Å². The lowest BCUT2D eigenvalue weighted by molar-refractivity contribution is -0.121. The van der Waals surface area contributed by atoms with Gasteiger partial charge >= 0.3 is 0 Å². The molecular weight excluding hydrogens is 248 g/mol. The zero-order valence-electron chi connectivity index (χ0n) is 11.6. The summed E-state index contributed by atoms with van der Waals surface area (Å²) in [6, 6.07) is 12.5. The van der Waals surface area contributed by atoms with Crippen molar-refractivity contribution in [1.29, 1.82) is 0 Å². The van der Waals surface area contributed by atoms with Gasteiger partial charge in [0.1, 0.15) is 0 Å². The highest BCUT2D eigenvalue weighted by atomic mass is 16.1. The molecule has 0 aliphatic heterocycles. The molecule has 1 aromatic heterocycles. The lowest BCUT2D eigenvalue weighted by atomic mass is 9.97. The first-order chi connectivity index (χ1) is 9.83. The fourth-order valence-corrected chi connectivity index (χ4v) is 3.00. The van der Waals surface area contributed by atoms with E-state index in [1.54, 1.807) is 0 Å². The molecule has 0 fully saturated rings. The van der Waals surface area contributed by atoms with Gasteiger partial charge in [0.2, 0.25) is 5.91 Å². The van der Waals surface area contributed by atoms with Crippen molar-refractivity contribution >= 4 is 5.91 Å². The Hall–Kier alpha value is -2.03. The summed E-state index contributed by atoms with van der Waals surface area (Å²) in [5.41, 5.74) is 2.78. The maximum atomic E-state index is 12.0. The molecule has 3 nitrogen and oxygen atoms in total. The van der Waals surface area contributed by atoms with Crippen molar-refractivity contribution in [3.63, 3.8) is 0 Å². The number of hydrogen-bond acceptors (Lipinski definition) is 1. The van der Waals surface area contributed by atoms with Gasteiger partial charge in [-0.05, 0) is 42.0 Å². The van der Waals surface area contributed by atoms with Gasteiger partial charge in [-0.15, -0.1) is 0 Å². The van der Waals surface area contributed by atoms with E-state index in [1.807, 2.05) is 24.5 Å². The molecule has 0 spiro atoms. The lowest BCUT2D eigenvalue weighted by Crippen LogP contribution is -2.27. The minimum absolute atomic E-state index is 0.166. The molecular formula is C17H20N2O. The molecule has 1 aliphatic rings. The van der Waals surface area contributed by atoms with Crippen molar-refractivity contribution in [2.75, 3.05) is 6.54 Å². The van der Waals surface area contributed by atoms with Gasteiger partial charge < -0.3 is 9.88 Å². The molecule has 1 heterocycles. The highest BCUT2D eigenvalue weighted by Gasteiger charge is 2.23. The van der Waals surface area contributed by atoms with Gasteiger partial charge in [-0.25, -0.2) is 0 Å². The quantitative estimate of drug-likeness (QED) is 0.889. The number of carbonyl (C=O) groups is 1. The van der Waals surface area contributed by atoms with Crippen LogP contribution >= 0.6 is 0 Å². The van der Waals surface area contributed by atoms with E-state index in [1.165, 1.54) is 11.1 Å². The zero-order chi connectivity index (χ0) is 13.8. The van der Waals surface area contributed by atoms with E-state index in [9.17, 15) is 4.79 Å². The van der Waals surface area contributed by atoms with Crippen LogP contribution in [-0.2, 0) is 17.8 Å². The number of carbonyl (C=O) groups excluding carboxylic acids is 1. The number of hydrogen-bond donors (Lipinski definition) is 1. The molecule has 1 N–H and O–H groups in total. The van der Waals surface area contributed by atoms with Gasteiger partial charge in [0.15, 0.2) is 0 Å². The van der Waals surface area contributed by atoms with Gasteiger partial charge in [0.05, 0.1) is 0 Å². The monoisotopic (exact) mass is 268 g/mol. The Balaban J connectivity index is 1.48. The Bertz CT molecular complexity index is 574. The number of amides is 1. The normalized spacial score (nSPS) is 16.9. The van der Waals surface area contributed by atoms with Crippen LogP contribution in [0, 0.1) is 0 Å². The maximum Gasteiger partial charge on any atom is 0.220 e. The predicted molar refractivity (Wildman–Crippen MR) is 79.6 cm³/mol. The molecule has 1 unspecified atom stereocenters. The molecule has 104 valence electrons. The Morgan fingerprint density at radius 1 is 1.20 bits per heavy atom. The van der Waals surface area contributed by atoms with Crippen LogP contribution in [0.15, 0.2) is 48.8 Å². The standard InChI is InChI=1S/C17H20N2O/c20-17(18-9-12-19-10-3-4-11-19)13-15-8-7-14-5-1-2-6-16(14)15/h1-6,10-11,15H,7-9,12-13H2,(H,18,20). The van der Waals surface area contributed by atoms with Crippen LogP contribution in [0.25, 0.3) is 0 Å². The predicted octanol–water partition coefficient (Wildman–Crippen LogP) is 2.72. The molecule has 2 aromatic rings. The molecule has 1 aliphatic carbocycles. The van der Waals surface area contributed by atoms with E-state index < -0.39 is 0 Å². The molecule has 3 heteroatoms. The molecule has 0 radical (unpaired) electrons. The number of aryl methyl sites for hydroxylation is 1.